The van der Waals surface area contributed by atoms with E-state index in [0.717, 1.165) is 5.56 Å². The summed E-state index contributed by atoms with van der Waals surface area (Å²) >= 11 is 5.03. The van der Waals surface area contributed by atoms with Crippen LogP contribution in [0.3, 0.4) is 0 Å². The van der Waals surface area contributed by atoms with E-state index in [1.165, 1.54) is 31.3 Å². The number of nitrogens with zero attached hydrogens (tertiary/aromatic N) is 3. The molecule has 9 nitrogen and oxygen atoms in total. The minimum absolute atomic E-state index is 0.118. The van der Waals surface area contributed by atoms with Crippen LogP contribution in [0.2, 0.25) is 0 Å². The van der Waals surface area contributed by atoms with Crippen LogP contribution in [0.5, 0.6) is 11.5 Å². The third-order valence-electron chi connectivity index (χ3n) is 3.47. The minimum Gasteiger partial charge on any atom is -0.493 e. The van der Waals surface area contributed by atoms with Crippen LogP contribution in [0.1, 0.15) is 21.9 Å². The van der Waals surface area contributed by atoms with Crippen molar-refractivity contribution in [3.8, 4) is 11.5 Å². The molecule has 2 heterocycles. The summed E-state index contributed by atoms with van der Waals surface area (Å²) in [6.07, 6.45) is 3.09. The lowest BCUT2D eigenvalue weighted by atomic mass is 10.2. The molecule has 0 aliphatic carbocycles. The highest BCUT2D eigenvalue weighted by molar-refractivity contribution is 7.71. The number of ether oxygens (including phenoxy) is 3. The molecule has 0 amide bonds. The Bertz CT molecular complexity index is 1020. The van der Waals surface area contributed by atoms with Crippen molar-refractivity contribution >= 4 is 24.4 Å². The predicted molar refractivity (Wildman–Crippen MR) is 97.8 cm³/mol. The highest BCUT2D eigenvalue weighted by Crippen LogP contribution is 2.28. The lowest BCUT2D eigenvalue weighted by Crippen LogP contribution is -1.99. The van der Waals surface area contributed by atoms with E-state index < -0.39 is 5.97 Å². The van der Waals surface area contributed by atoms with Gasteiger partial charge in [0.1, 0.15) is 18.7 Å². The van der Waals surface area contributed by atoms with E-state index >= 15 is 0 Å². The molecular formula is C17H16N4O5S. The van der Waals surface area contributed by atoms with E-state index in [4.69, 9.17) is 26.1 Å². The van der Waals surface area contributed by atoms with Crippen molar-refractivity contribution in [2.24, 2.45) is 5.10 Å². The standard InChI is InChI=1S/C17H16N4O5S/c1-23-15-7-11(8-19-21-10-18-20-17(21)27)3-5-13(15)25-9-12-4-6-14(26-12)16(22)24-2/h3-8,10H,9H2,1-2H3,(H,20,27)/b19-8-. The molecule has 0 fully saturated rings. The lowest BCUT2D eigenvalue weighted by Gasteiger charge is -2.10. The fourth-order valence-corrected chi connectivity index (χ4v) is 2.30. The number of aromatic nitrogens is 3. The van der Waals surface area contributed by atoms with Gasteiger partial charge in [0.25, 0.3) is 0 Å². The number of hydrogen-bond donors (Lipinski definition) is 1. The predicted octanol–water partition coefficient (Wildman–Crippen LogP) is 2.79. The molecule has 2 aromatic heterocycles. The Balaban J connectivity index is 1.70. The molecule has 27 heavy (non-hydrogen) atoms. The first-order valence-corrected chi connectivity index (χ1v) is 8.16. The van der Waals surface area contributed by atoms with Gasteiger partial charge in [-0.2, -0.15) is 14.9 Å². The largest absolute Gasteiger partial charge is 0.493 e. The number of rotatable bonds is 7. The zero-order valence-corrected chi connectivity index (χ0v) is 15.4. The fraction of sp³-hybridized carbons (Fsp3) is 0.176. The smallest absolute Gasteiger partial charge is 0.373 e. The van der Waals surface area contributed by atoms with Gasteiger partial charge in [0.2, 0.25) is 10.5 Å². The summed E-state index contributed by atoms with van der Waals surface area (Å²) in [6.45, 7) is 0.130. The van der Waals surface area contributed by atoms with E-state index in [-0.39, 0.29) is 12.4 Å². The van der Waals surface area contributed by atoms with E-state index in [2.05, 4.69) is 20.0 Å². The lowest BCUT2D eigenvalue weighted by molar-refractivity contribution is 0.0561. The zero-order valence-electron chi connectivity index (χ0n) is 14.5. The Kier molecular flexibility index (Phi) is 5.67. The second kappa shape index (κ2) is 8.32. The molecular weight excluding hydrogens is 372 g/mol. The van der Waals surface area contributed by atoms with Gasteiger partial charge in [0, 0.05) is 0 Å². The number of carbonyl (C=O) groups excluding carboxylic acids is 1. The number of benzene rings is 1. The molecule has 0 aliphatic heterocycles. The van der Waals surface area contributed by atoms with E-state index in [0.29, 0.717) is 22.0 Å². The maximum absolute atomic E-state index is 11.4. The van der Waals surface area contributed by atoms with Crippen LogP contribution in [0.15, 0.2) is 46.2 Å². The summed E-state index contributed by atoms with van der Waals surface area (Å²) < 4.78 is 22.9. The Morgan fingerprint density at radius 3 is 2.89 bits per heavy atom. The molecule has 3 aromatic rings. The zero-order chi connectivity index (χ0) is 19.2. The van der Waals surface area contributed by atoms with Crippen LogP contribution in [-0.2, 0) is 11.3 Å². The highest BCUT2D eigenvalue weighted by atomic mass is 32.1. The number of hydrogen-bond acceptors (Lipinski definition) is 8. The molecule has 0 atom stereocenters. The van der Waals surface area contributed by atoms with Crippen molar-refractivity contribution in [1.82, 2.24) is 14.9 Å². The molecule has 10 heteroatoms. The van der Waals surface area contributed by atoms with Crippen LogP contribution >= 0.6 is 12.2 Å². The average Bonchev–Trinajstić information content (AvgIpc) is 3.33. The first kappa shape index (κ1) is 18.4. The topological polar surface area (TPSA) is 104 Å². The van der Waals surface area contributed by atoms with Gasteiger partial charge in [-0.05, 0) is 48.1 Å². The minimum atomic E-state index is -0.541. The van der Waals surface area contributed by atoms with Gasteiger partial charge in [-0.3, -0.25) is 5.10 Å². The van der Waals surface area contributed by atoms with Crippen LogP contribution in [-0.4, -0.2) is 41.3 Å². The molecule has 0 saturated heterocycles. The van der Waals surface area contributed by atoms with E-state index in [9.17, 15) is 4.79 Å². The van der Waals surface area contributed by atoms with Gasteiger partial charge < -0.3 is 18.6 Å². The van der Waals surface area contributed by atoms with Gasteiger partial charge in [-0.1, -0.05) is 0 Å². The van der Waals surface area contributed by atoms with Gasteiger partial charge in [0.05, 0.1) is 20.4 Å². The summed E-state index contributed by atoms with van der Waals surface area (Å²) in [6, 6.07) is 8.51. The molecule has 0 bridgehead atoms. The summed E-state index contributed by atoms with van der Waals surface area (Å²) in [4.78, 5) is 11.4. The fourth-order valence-electron chi connectivity index (χ4n) is 2.15. The van der Waals surface area contributed by atoms with E-state index in [1.54, 1.807) is 24.4 Å². The summed E-state index contributed by atoms with van der Waals surface area (Å²) in [5.41, 5.74) is 0.785. The summed E-state index contributed by atoms with van der Waals surface area (Å²) in [5, 5.41) is 10.6. The third kappa shape index (κ3) is 4.42. The average molecular weight is 388 g/mol. The first-order valence-electron chi connectivity index (χ1n) is 7.75. The van der Waals surface area contributed by atoms with Crippen molar-refractivity contribution in [1.29, 1.82) is 0 Å². The van der Waals surface area contributed by atoms with Gasteiger partial charge >= 0.3 is 5.97 Å². The maximum atomic E-state index is 11.4. The van der Waals surface area contributed by atoms with Crippen LogP contribution < -0.4 is 9.47 Å². The molecule has 0 radical (unpaired) electrons. The normalized spacial score (nSPS) is 10.9. The number of H-pyrrole nitrogens is 1. The second-order valence-electron chi connectivity index (χ2n) is 5.21. The number of aromatic amines is 1. The molecule has 0 unspecified atom stereocenters. The van der Waals surface area contributed by atoms with Crippen molar-refractivity contribution in [2.75, 3.05) is 14.2 Å². The van der Waals surface area contributed by atoms with E-state index in [1.807, 2.05) is 6.07 Å². The molecule has 3 rings (SSSR count). The summed E-state index contributed by atoms with van der Waals surface area (Å²) in [5.74, 6) is 1.10. The van der Waals surface area contributed by atoms with Crippen molar-refractivity contribution in [3.05, 3.63) is 58.5 Å². The molecule has 140 valence electrons. The quantitative estimate of drug-likeness (QED) is 0.377. The second-order valence-corrected chi connectivity index (χ2v) is 5.59. The third-order valence-corrected chi connectivity index (χ3v) is 3.75. The number of nitrogens with one attached hydrogen (secondary N) is 1. The number of methoxy groups -OCH3 is 2. The van der Waals surface area contributed by atoms with Crippen molar-refractivity contribution in [2.45, 2.75) is 6.61 Å². The Hall–Kier alpha value is -3.40. The molecule has 1 N–H and O–H groups in total. The first-order chi connectivity index (χ1) is 13.1. The molecule has 0 spiro atoms. The maximum Gasteiger partial charge on any atom is 0.373 e. The van der Waals surface area contributed by atoms with Crippen LogP contribution in [0.25, 0.3) is 0 Å². The van der Waals surface area contributed by atoms with Gasteiger partial charge in [-0.15, -0.1) is 0 Å². The number of carbonyl (C=O) groups is 1. The van der Waals surface area contributed by atoms with Crippen molar-refractivity contribution < 1.29 is 23.4 Å². The Morgan fingerprint density at radius 2 is 2.19 bits per heavy atom. The van der Waals surface area contributed by atoms with Gasteiger partial charge in [0.15, 0.2) is 11.5 Å². The Morgan fingerprint density at radius 1 is 1.33 bits per heavy atom. The number of furan rings is 1. The van der Waals surface area contributed by atoms with Gasteiger partial charge in [-0.25, -0.2) is 4.79 Å². The van der Waals surface area contributed by atoms with Crippen LogP contribution in [0.4, 0.5) is 0 Å². The number of esters is 1. The summed E-state index contributed by atoms with van der Waals surface area (Å²) in [7, 11) is 2.83. The van der Waals surface area contributed by atoms with Crippen LogP contribution in [0, 0.1) is 4.77 Å². The molecule has 0 aliphatic rings. The molecule has 1 aromatic carbocycles. The molecule has 0 saturated carbocycles. The monoisotopic (exact) mass is 388 g/mol. The Labute approximate surface area is 159 Å². The SMILES string of the molecule is COC(=O)c1ccc(COc2ccc(/C=N\n3cn[nH]c3=S)cc2OC)o1. The highest BCUT2D eigenvalue weighted by Gasteiger charge is 2.12. The van der Waals surface area contributed by atoms with Crippen molar-refractivity contribution in [3.63, 3.8) is 0 Å².